The Morgan fingerprint density at radius 1 is 1.44 bits per heavy atom. The summed E-state index contributed by atoms with van der Waals surface area (Å²) in [4.78, 5) is 4.28. The molecule has 2 rings (SSSR count). The third-order valence-corrected chi connectivity index (χ3v) is 3.70. The van der Waals surface area contributed by atoms with Gasteiger partial charge in [-0.05, 0) is 48.3 Å². The normalized spacial score (nSPS) is 12.4. The maximum atomic E-state index is 4.28. The van der Waals surface area contributed by atoms with E-state index in [-0.39, 0.29) is 6.04 Å². The van der Waals surface area contributed by atoms with Crippen molar-refractivity contribution in [1.29, 1.82) is 0 Å². The van der Waals surface area contributed by atoms with Crippen LogP contribution in [0.15, 0.2) is 29.3 Å². The molecule has 0 radical (unpaired) electrons. The van der Waals surface area contributed by atoms with Gasteiger partial charge in [-0.1, -0.05) is 0 Å². The quantitative estimate of drug-likeness (QED) is 0.878. The van der Waals surface area contributed by atoms with E-state index in [9.17, 15) is 0 Å². The molecule has 18 heavy (non-hydrogen) atoms. The topological polar surface area (TPSA) is 42.7 Å². The first-order valence-corrected chi connectivity index (χ1v) is 6.80. The maximum absolute atomic E-state index is 4.28. The molecule has 1 atom stereocenters. The molecule has 0 aliphatic heterocycles. The predicted octanol–water partition coefficient (Wildman–Crippen LogP) is 3.54. The summed E-state index contributed by atoms with van der Waals surface area (Å²) in [5, 5.41) is 7.71. The van der Waals surface area contributed by atoms with E-state index in [1.54, 1.807) is 0 Å². The number of rotatable bonds is 4. The highest BCUT2D eigenvalue weighted by Gasteiger charge is 2.08. The lowest BCUT2D eigenvalue weighted by molar-refractivity contribution is 0.658. The molecule has 0 spiro atoms. The number of hydrogen-bond donors (Lipinski definition) is 1. The SMILES string of the molecule is CCn1cc(C(C)Nc2cnc(Br)c(C)c2)cn1. The highest BCUT2D eigenvalue weighted by Crippen LogP contribution is 2.21. The smallest absolute Gasteiger partial charge is 0.109 e. The molecule has 0 fully saturated rings. The van der Waals surface area contributed by atoms with Crippen LogP contribution >= 0.6 is 15.9 Å². The molecule has 0 amide bonds. The van der Waals surface area contributed by atoms with Gasteiger partial charge in [0.05, 0.1) is 24.1 Å². The van der Waals surface area contributed by atoms with Crippen molar-refractivity contribution in [2.45, 2.75) is 33.4 Å². The molecular weight excluding hydrogens is 292 g/mol. The number of anilines is 1. The summed E-state index contributed by atoms with van der Waals surface area (Å²) in [6.45, 7) is 7.12. The van der Waals surface area contributed by atoms with Gasteiger partial charge in [0.15, 0.2) is 0 Å². The molecule has 0 saturated carbocycles. The van der Waals surface area contributed by atoms with Crippen molar-refractivity contribution in [2.75, 3.05) is 5.32 Å². The molecule has 0 aliphatic carbocycles. The first kappa shape index (κ1) is 13.1. The number of pyridine rings is 1. The molecule has 1 N–H and O–H groups in total. The highest BCUT2D eigenvalue weighted by atomic mass is 79.9. The van der Waals surface area contributed by atoms with Crippen LogP contribution in [0, 0.1) is 6.92 Å². The van der Waals surface area contributed by atoms with Gasteiger partial charge in [-0.2, -0.15) is 5.10 Å². The van der Waals surface area contributed by atoms with Gasteiger partial charge in [-0.25, -0.2) is 4.98 Å². The van der Waals surface area contributed by atoms with Gasteiger partial charge >= 0.3 is 0 Å². The Hall–Kier alpha value is -1.36. The van der Waals surface area contributed by atoms with Crippen molar-refractivity contribution in [1.82, 2.24) is 14.8 Å². The minimum atomic E-state index is 0.215. The Balaban J connectivity index is 2.10. The fourth-order valence-electron chi connectivity index (χ4n) is 1.75. The lowest BCUT2D eigenvalue weighted by atomic mass is 10.2. The molecule has 0 aliphatic rings. The number of aromatic nitrogens is 3. The van der Waals surface area contributed by atoms with E-state index in [2.05, 4.69) is 57.4 Å². The van der Waals surface area contributed by atoms with Crippen LogP contribution < -0.4 is 5.32 Å². The van der Waals surface area contributed by atoms with Gasteiger partial charge in [0.2, 0.25) is 0 Å². The Morgan fingerprint density at radius 2 is 2.22 bits per heavy atom. The van der Waals surface area contributed by atoms with Crippen molar-refractivity contribution < 1.29 is 0 Å². The number of aryl methyl sites for hydroxylation is 2. The molecule has 2 heterocycles. The molecule has 4 nitrogen and oxygen atoms in total. The number of nitrogens with zero attached hydrogens (tertiary/aromatic N) is 3. The summed E-state index contributed by atoms with van der Waals surface area (Å²) in [5.41, 5.74) is 3.32. The van der Waals surface area contributed by atoms with Crippen LogP contribution in [-0.2, 0) is 6.54 Å². The zero-order chi connectivity index (χ0) is 13.1. The Morgan fingerprint density at radius 3 is 2.83 bits per heavy atom. The van der Waals surface area contributed by atoms with Gasteiger partial charge in [0.25, 0.3) is 0 Å². The summed E-state index contributed by atoms with van der Waals surface area (Å²) in [6.07, 6.45) is 5.80. The minimum Gasteiger partial charge on any atom is -0.377 e. The summed E-state index contributed by atoms with van der Waals surface area (Å²) >= 11 is 3.40. The van der Waals surface area contributed by atoms with Crippen LogP contribution in [0.2, 0.25) is 0 Å². The molecule has 2 aromatic rings. The van der Waals surface area contributed by atoms with E-state index in [0.717, 1.165) is 22.4 Å². The summed E-state index contributed by atoms with van der Waals surface area (Å²) in [6, 6.07) is 2.30. The first-order chi connectivity index (χ1) is 8.60. The second-order valence-electron chi connectivity index (χ2n) is 4.33. The van der Waals surface area contributed by atoms with Crippen LogP contribution in [0.4, 0.5) is 5.69 Å². The average Bonchev–Trinajstić information content (AvgIpc) is 2.82. The van der Waals surface area contributed by atoms with Gasteiger partial charge in [-0.15, -0.1) is 0 Å². The third-order valence-electron chi connectivity index (χ3n) is 2.87. The fourth-order valence-corrected chi connectivity index (χ4v) is 1.96. The molecule has 0 saturated heterocycles. The summed E-state index contributed by atoms with van der Waals surface area (Å²) < 4.78 is 2.82. The van der Waals surface area contributed by atoms with E-state index in [1.165, 1.54) is 5.56 Å². The van der Waals surface area contributed by atoms with Crippen LogP contribution in [0.25, 0.3) is 0 Å². The lowest BCUT2D eigenvalue weighted by Gasteiger charge is -2.14. The molecule has 5 heteroatoms. The van der Waals surface area contributed by atoms with E-state index in [0.29, 0.717) is 0 Å². The van der Waals surface area contributed by atoms with Crippen molar-refractivity contribution >= 4 is 21.6 Å². The first-order valence-electron chi connectivity index (χ1n) is 6.01. The van der Waals surface area contributed by atoms with Crippen LogP contribution in [0.5, 0.6) is 0 Å². The highest BCUT2D eigenvalue weighted by molar-refractivity contribution is 9.10. The van der Waals surface area contributed by atoms with E-state index < -0.39 is 0 Å². The number of nitrogens with one attached hydrogen (secondary N) is 1. The zero-order valence-electron chi connectivity index (χ0n) is 10.8. The van der Waals surface area contributed by atoms with Gasteiger partial charge < -0.3 is 5.32 Å². The van der Waals surface area contributed by atoms with Crippen LogP contribution in [0.1, 0.15) is 31.0 Å². The van der Waals surface area contributed by atoms with E-state index in [1.807, 2.05) is 24.0 Å². The van der Waals surface area contributed by atoms with Gasteiger partial charge in [0, 0.05) is 18.3 Å². The fraction of sp³-hybridized carbons (Fsp3) is 0.385. The molecule has 2 aromatic heterocycles. The van der Waals surface area contributed by atoms with Crippen molar-refractivity contribution in [3.8, 4) is 0 Å². The minimum absolute atomic E-state index is 0.215. The molecular formula is C13H17BrN4. The Labute approximate surface area is 116 Å². The average molecular weight is 309 g/mol. The maximum Gasteiger partial charge on any atom is 0.109 e. The second kappa shape index (κ2) is 5.52. The third kappa shape index (κ3) is 2.90. The molecule has 0 bridgehead atoms. The van der Waals surface area contributed by atoms with Crippen molar-refractivity contribution in [3.63, 3.8) is 0 Å². The van der Waals surface area contributed by atoms with Crippen molar-refractivity contribution in [2.24, 2.45) is 0 Å². The zero-order valence-corrected chi connectivity index (χ0v) is 12.4. The van der Waals surface area contributed by atoms with Crippen molar-refractivity contribution in [3.05, 3.63) is 40.4 Å². The summed E-state index contributed by atoms with van der Waals surface area (Å²) in [7, 11) is 0. The largest absolute Gasteiger partial charge is 0.377 e. The summed E-state index contributed by atoms with van der Waals surface area (Å²) in [5.74, 6) is 0. The van der Waals surface area contributed by atoms with E-state index >= 15 is 0 Å². The number of halogens is 1. The number of hydrogen-bond acceptors (Lipinski definition) is 3. The monoisotopic (exact) mass is 308 g/mol. The van der Waals surface area contributed by atoms with Gasteiger partial charge in [0.1, 0.15) is 4.60 Å². The molecule has 96 valence electrons. The van der Waals surface area contributed by atoms with Crippen LogP contribution in [0.3, 0.4) is 0 Å². The predicted molar refractivity (Wildman–Crippen MR) is 76.6 cm³/mol. The lowest BCUT2D eigenvalue weighted by Crippen LogP contribution is -2.06. The molecule has 0 aromatic carbocycles. The molecule has 1 unspecified atom stereocenters. The van der Waals surface area contributed by atoms with Crippen LogP contribution in [-0.4, -0.2) is 14.8 Å². The second-order valence-corrected chi connectivity index (χ2v) is 5.08. The standard InChI is InChI=1S/C13H17BrN4/c1-4-18-8-11(6-16-18)10(3)17-12-5-9(2)13(14)15-7-12/h5-8,10,17H,4H2,1-3H3. The Bertz CT molecular complexity index is 536. The van der Waals surface area contributed by atoms with E-state index in [4.69, 9.17) is 0 Å². The Kier molecular flexibility index (Phi) is 4.01. The van der Waals surface area contributed by atoms with Gasteiger partial charge in [-0.3, -0.25) is 4.68 Å².